The van der Waals surface area contributed by atoms with Crippen molar-refractivity contribution >= 4 is 5.97 Å². The first kappa shape index (κ1) is 13.6. The summed E-state index contributed by atoms with van der Waals surface area (Å²) in [5.74, 6) is 1.65. The maximum absolute atomic E-state index is 11.1. The van der Waals surface area contributed by atoms with Crippen molar-refractivity contribution in [3.05, 3.63) is 11.6 Å². The number of carboxylic acid groups (broad SMARTS) is 1. The molecule has 0 aliphatic heterocycles. The lowest BCUT2D eigenvalue weighted by atomic mass is 9.79. The lowest BCUT2D eigenvalue weighted by molar-refractivity contribution is -0.139. The zero-order valence-corrected chi connectivity index (χ0v) is 11.9. The summed E-state index contributed by atoms with van der Waals surface area (Å²) in [7, 11) is 0. The zero-order chi connectivity index (χ0) is 14.0. The van der Waals surface area contributed by atoms with E-state index in [1.54, 1.807) is 0 Å². The largest absolute Gasteiger partial charge is 0.481 e. The van der Waals surface area contributed by atoms with Crippen LogP contribution in [0.15, 0.2) is 0 Å². The lowest BCUT2D eigenvalue weighted by Gasteiger charge is -2.25. The molecule has 1 aromatic rings. The monoisotopic (exact) mass is 277 g/mol. The maximum Gasteiger partial charge on any atom is 0.303 e. The molecule has 20 heavy (non-hydrogen) atoms. The number of hydrogen-bond acceptors (Lipinski definition) is 3. The van der Waals surface area contributed by atoms with E-state index < -0.39 is 5.97 Å². The smallest absolute Gasteiger partial charge is 0.303 e. The summed E-state index contributed by atoms with van der Waals surface area (Å²) >= 11 is 0. The van der Waals surface area contributed by atoms with Gasteiger partial charge in [-0.05, 0) is 31.1 Å². The van der Waals surface area contributed by atoms with Crippen LogP contribution in [0.2, 0.25) is 0 Å². The molecule has 1 aromatic heterocycles. The summed E-state index contributed by atoms with van der Waals surface area (Å²) in [6.45, 7) is 0. The van der Waals surface area contributed by atoms with Gasteiger partial charge in [0.1, 0.15) is 5.82 Å². The summed E-state index contributed by atoms with van der Waals surface area (Å²) in [5.41, 5.74) is -0.0989. The minimum absolute atomic E-state index is 0.0989. The van der Waals surface area contributed by atoms with Gasteiger partial charge in [-0.3, -0.25) is 9.89 Å². The summed E-state index contributed by atoms with van der Waals surface area (Å²) in [6.07, 6.45) is 10.2. The van der Waals surface area contributed by atoms with Crippen LogP contribution in [0.5, 0.6) is 0 Å². The number of hydrogen-bond donors (Lipinski definition) is 2. The molecular weight excluding hydrogens is 254 g/mol. The molecule has 5 nitrogen and oxygen atoms in total. The highest BCUT2D eigenvalue weighted by molar-refractivity contribution is 5.67. The number of H-pyrrole nitrogens is 1. The van der Waals surface area contributed by atoms with Crippen molar-refractivity contribution in [2.24, 2.45) is 5.41 Å². The van der Waals surface area contributed by atoms with Crippen LogP contribution in [0.4, 0.5) is 0 Å². The van der Waals surface area contributed by atoms with Crippen LogP contribution in [0, 0.1) is 5.41 Å². The van der Waals surface area contributed by atoms with Gasteiger partial charge < -0.3 is 5.11 Å². The topological polar surface area (TPSA) is 78.9 Å². The Bertz CT molecular complexity index is 471. The third-order valence-corrected chi connectivity index (χ3v) is 5.00. The lowest BCUT2D eigenvalue weighted by Crippen LogP contribution is -2.24. The molecule has 0 atom stereocenters. The molecular formula is C15H23N3O2. The normalized spacial score (nSPS) is 22.4. The molecule has 0 unspecified atom stereocenters. The molecule has 0 radical (unpaired) electrons. The van der Waals surface area contributed by atoms with Crippen molar-refractivity contribution in [2.75, 3.05) is 0 Å². The van der Waals surface area contributed by atoms with Crippen LogP contribution in [-0.2, 0) is 11.2 Å². The molecule has 0 aromatic carbocycles. The average molecular weight is 277 g/mol. The Morgan fingerprint density at radius 3 is 2.60 bits per heavy atom. The van der Waals surface area contributed by atoms with Gasteiger partial charge in [-0.1, -0.05) is 25.7 Å². The molecule has 0 bridgehead atoms. The van der Waals surface area contributed by atoms with E-state index in [9.17, 15) is 4.79 Å². The highest BCUT2D eigenvalue weighted by Crippen LogP contribution is 2.43. The molecule has 0 amide bonds. The Morgan fingerprint density at radius 2 is 1.95 bits per heavy atom. The second-order valence-corrected chi connectivity index (χ2v) is 6.58. The molecule has 2 aliphatic carbocycles. The molecule has 5 heteroatoms. The van der Waals surface area contributed by atoms with E-state index in [-0.39, 0.29) is 11.8 Å². The fourth-order valence-electron chi connectivity index (χ4n) is 3.97. The summed E-state index contributed by atoms with van der Waals surface area (Å²) < 4.78 is 0. The molecule has 2 aliphatic rings. The first-order valence-electron chi connectivity index (χ1n) is 7.80. The Labute approximate surface area is 119 Å². The van der Waals surface area contributed by atoms with Gasteiger partial charge in [0.15, 0.2) is 5.82 Å². The van der Waals surface area contributed by atoms with Crippen molar-refractivity contribution < 1.29 is 9.90 Å². The Morgan fingerprint density at radius 1 is 1.25 bits per heavy atom. The van der Waals surface area contributed by atoms with Crippen LogP contribution in [-0.4, -0.2) is 26.3 Å². The van der Waals surface area contributed by atoms with Gasteiger partial charge in [0, 0.05) is 12.3 Å². The fraction of sp³-hybridized carbons (Fsp3) is 0.800. The number of rotatable bonds is 5. The van der Waals surface area contributed by atoms with Crippen molar-refractivity contribution in [1.29, 1.82) is 0 Å². The number of carbonyl (C=O) groups is 1. The standard InChI is InChI=1S/C15H23N3O2/c19-13(20)10-15(7-3-4-8-15)9-12-16-14(18-17-12)11-5-1-2-6-11/h11H,1-10H2,(H,19,20)(H,16,17,18). The molecule has 0 saturated heterocycles. The van der Waals surface area contributed by atoms with Gasteiger partial charge in [-0.15, -0.1) is 0 Å². The Balaban J connectivity index is 1.70. The number of nitrogens with one attached hydrogen (secondary N) is 1. The highest BCUT2D eigenvalue weighted by atomic mass is 16.4. The third-order valence-electron chi connectivity index (χ3n) is 5.00. The van der Waals surface area contributed by atoms with Gasteiger partial charge in [0.05, 0.1) is 6.42 Å². The number of aliphatic carboxylic acids is 1. The van der Waals surface area contributed by atoms with E-state index in [1.165, 1.54) is 25.7 Å². The minimum Gasteiger partial charge on any atom is -0.481 e. The minimum atomic E-state index is -0.692. The second kappa shape index (κ2) is 5.54. The zero-order valence-electron chi connectivity index (χ0n) is 11.9. The summed E-state index contributed by atoms with van der Waals surface area (Å²) in [5, 5.41) is 16.6. The number of carboxylic acids is 1. The molecule has 2 fully saturated rings. The fourth-order valence-corrected chi connectivity index (χ4v) is 3.97. The predicted octanol–water partition coefficient (Wildman–Crippen LogP) is 3.04. The van der Waals surface area contributed by atoms with E-state index in [0.29, 0.717) is 5.92 Å². The number of nitrogens with zero attached hydrogens (tertiary/aromatic N) is 2. The average Bonchev–Trinajstić information content (AvgIpc) is 3.08. The van der Waals surface area contributed by atoms with E-state index in [4.69, 9.17) is 5.11 Å². The first-order valence-corrected chi connectivity index (χ1v) is 7.80. The van der Waals surface area contributed by atoms with E-state index in [2.05, 4.69) is 15.2 Å². The molecule has 2 saturated carbocycles. The quantitative estimate of drug-likeness (QED) is 0.867. The van der Waals surface area contributed by atoms with Crippen LogP contribution >= 0.6 is 0 Å². The van der Waals surface area contributed by atoms with Crippen LogP contribution in [0.25, 0.3) is 0 Å². The van der Waals surface area contributed by atoms with E-state index in [0.717, 1.165) is 43.8 Å². The van der Waals surface area contributed by atoms with E-state index in [1.807, 2.05) is 0 Å². The molecule has 110 valence electrons. The van der Waals surface area contributed by atoms with Gasteiger partial charge >= 0.3 is 5.97 Å². The Hall–Kier alpha value is -1.39. The van der Waals surface area contributed by atoms with Gasteiger partial charge in [0.25, 0.3) is 0 Å². The summed E-state index contributed by atoms with van der Waals surface area (Å²) in [6, 6.07) is 0. The second-order valence-electron chi connectivity index (χ2n) is 6.58. The van der Waals surface area contributed by atoms with Crippen molar-refractivity contribution in [3.8, 4) is 0 Å². The van der Waals surface area contributed by atoms with Crippen molar-refractivity contribution in [2.45, 2.75) is 70.1 Å². The third kappa shape index (κ3) is 2.86. The SMILES string of the molecule is O=C(O)CC1(Cc2nc(C3CCCC3)n[nH]2)CCCC1. The number of aromatic amines is 1. The van der Waals surface area contributed by atoms with Gasteiger partial charge in [0.2, 0.25) is 0 Å². The van der Waals surface area contributed by atoms with Crippen LogP contribution in [0.1, 0.15) is 75.4 Å². The van der Waals surface area contributed by atoms with Gasteiger partial charge in [-0.25, -0.2) is 4.98 Å². The number of aromatic nitrogens is 3. The molecule has 0 spiro atoms. The molecule has 3 rings (SSSR count). The molecule has 2 N–H and O–H groups in total. The van der Waals surface area contributed by atoms with Crippen LogP contribution < -0.4 is 0 Å². The maximum atomic E-state index is 11.1. The van der Waals surface area contributed by atoms with Crippen LogP contribution in [0.3, 0.4) is 0 Å². The van der Waals surface area contributed by atoms with E-state index >= 15 is 0 Å². The van der Waals surface area contributed by atoms with Gasteiger partial charge in [-0.2, -0.15) is 5.10 Å². The molecule has 1 heterocycles. The predicted molar refractivity (Wildman–Crippen MR) is 74.4 cm³/mol. The Kier molecular flexibility index (Phi) is 3.76. The van der Waals surface area contributed by atoms with Crippen molar-refractivity contribution in [1.82, 2.24) is 15.2 Å². The highest BCUT2D eigenvalue weighted by Gasteiger charge is 2.37. The summed E-state index contributed by atoms with van der Waals surface area (Å²) in [4.78, 5) is 15.8. The van der Waals surface area contributed by atoms with Crippen molar-refractivity contribution in [3.63, 3.8) is 0 Å². The first-order chi connectivity index (χ1) is 9.67.